The molecule has 2 rings (SSSR count). The molecule has 0 bridgehead atoms. The lowest BCUT2D eigenvalue weighted by molar-refractivity contribution is 0.0992. The number of ether oxygens (including phenoxy) is 1. The van der Waals surface area contributed by atoms with Gasteiger partial charge in [-0.3, -0.25) is 9.79 Å². The second kappa shape index (κ2) is 9.72. The summed E-state index contributed by atoms with van der Waals surface area (Å²) in [7, 11) is 3.11. The number of nitrogens with two attached hydrogens (primary N) is 1. The van der Waals surface area contributed by atoms with Gasteiger partial charge in [0.1, 0.15) is 0 Å². The van der Waals surface area contributed by atoms with Gasteiger partial charge in [0.25, 0.3) is 5.91 Å². The molecule has 2 aromatic carbocycles. The summed E-state index contributed by atoms with van der Waals surface area (Å²) in [6.45, 7) is 3.80. The number of methoxy groups -OCH3 is 1. The van der Waals surface area contributed by atoms with Crippen LogP contribution in [0.5, 0.6) is 11.5 Å². The molecule has 0 unspecified atom stereocenters. The highest BCUT2D eigenvalue weighted by Gasteiger charge is 2.15. The van der Waals surface area contributed by atoms with E-state index in [4.69, 9.17) is 10.6 Å². The average molecular weight is 378 g/mol. The van der Waals surface area contributed by atoms with E-state index >= 15 is 0 Å². The predicted octanol–water partition coefficient (Wildman–Crippen LogP) is 3.11. The van der Waals surface area contributed by atoms with E-state index in [0.717, 1.165) is 5.56 Å². The van der Waals surface area contributed by atoms with Crippen LogP contribution in [0.15, 0.2) is 77.0 Å². The highest BCUT2D eigenvalue weighted by atomic mass is 16.5. The maximum Gasteiger partial charge on any atom is 0.258 e. The van der Waals surface area contributed by atoms with E-state index in [2.05, 4.69) is 16.7 Å². The number of amides is 1. The van der Waals surface area contributed by atoms with Crippen LogP contribution >= 0.6 is 0 Å². The zero-order chi connectivity index (χ0) is 20.5. The number of carbonyl (C=O) groups excluding carboxylic acids is 1. The smallest absolute Gasteiger partial charge is 0.258 e. The summed E-state index contributed by atoms with van der Waals surface area (Å²) < 4.78 is 5.00. The minimum atomic E-state index is -0.263. The second-order valence-electron chi connectivity index (χ2n) is 5.75. The summed E-state index contributed by atoms with van der Waals surface area (Å²) in [5.74, 6) is 4.97. The lowest BCUT2D eigenvalue weighted by Crippen LogP contribution is -2.26. The van der Waals surface area contributed by atoms with Crippen LogP contribution in [0.1, 0.15) is 15.9 Å². The first-order chi connectivity index (χ1) is 13.5. The molecule has 3 N–H and O–H groups in total. The SMILES string of the molecule is C=C(/C=C\C=N/N)N=Cc1cccc(N(C)C(=O)c2ccc(OC)c(O)c2)c1. The third kappa shape index (κ3) is 5.31. The molecular weight excluding hydrogens is 356 g/mol. The van der Waals surface area contributed by atoms with Gasteiger partial charge in [0.15, 0.2) is 11.5 Å². The van der Waals surface area contributed by atoms with Crippen LogP contribution in [-0.2, 0) is 0 Å². The Balaban J connectivity index is 2.17. The molecule has 0 saturated heterocycles. The van der Waals surface area contributed by atoms with Crippen molar-refractivity contribution in [3.63, 3.8) is 0 Å². The van der Waals surface area contributed by atoms with E-state index in [1.165, 1.54) is 24.3 Å². The molecular formula is C21H22N4O3. The lowest BCUT2D eigenvalue weighted by atomic mass is 10.1. The standard InChI is InChI=1S/C21H22N4O3/c1-15(6-5-11-24-22)23-14-16-7-4-8-18(12-16)25(2)21(27)17-9-10-20(28-3)19(26)13-17/h4-14,26H,1,22H2,2-3H3/b6-5-,23-14?,24-11-. The second-order valence-corrected chi connectivity index (χ2v) is 5.75. The number of phenols is 1. The monoisotopic (exact) mass is 378 g/mol. The zero-order valence-electron chi connectivity index (χ0n) is 15.7. The molecule has 7 heteroatoms. The van der Waals surface area contributed by atoms with Crippen molar-refractivity contribution < 1.29 is 14.6 Å². The molecule has 0 aliphatic rings. The maximum absolute atomic E-state index is 12.7. The molecule has 0 spiro atoms. The van der Waals surface area contributed by atoms with Gasteiger partial charge in [-0.15, -0.1) is 0 Å². The van der Waals surface area contributed by atoms with E-state index in [0.29, 0.717) is 22.7 Å². The number of aromatic hydroxyl groups is 1. The average Bonchev–Trinajstić information content (AvgIpc) is 2.71. The van der Waals surface area contributed by atoms with Crippen LogP contribution in [0, 0.1) is 0 Å². The Labute approximate surface area is 163 Å². The molecule has 2 aromatic rings. The molecule has 0 atom stereocenters. The van der Waals surface area contributed by atoms with Crippen molar-refractivity contribution in [2.45, 2.75) is 0 Å². The van der Waals surface area contributed by atoms with Gasteiger partial charge in [-0.25, -0.2) is 0 Å². The normalized spacial score (nSPS) is 11.4. The van der Waals surface area contributed by atoms with Crippen LogP contribution < -0.4 is 15.5 Å². The van der Waals surface area contributed by atoms with Crippen LogP contribution in [0.25, 0.3) is 0 Å². The van der Waals surface area contributed by atoms with Crippen molar-refractivity contribution in [1.82, 2.24) is 0 Å². The van der Waals surface area contributed by atoms with Crippen LogP contribution in [0.2, 0.25) is 0 Å². The fraction of sp³-hybridized carbons (Fsp3) is 0.0952. The third-order valence-electron chi connectivity index (χ3n) is 3.83. The molecule has 0 radical (unpaired) electrons. The van der Waals surface area contributed by atoms with Crippen LogP contribution in [0.4, 0.5) is 5.69 Å². The van der Waals surface area contributed by atoms with Crippen molar-refractivity contribution >= 4 is 24.0 Å². The summed E-state index contributed by atoms with van der Waals surface area (Å²) in [6, 6.07) is 11.9. The first kappa shape index (κ1) is 20.4. The van der Waals surface area contributed by atoms with E-state index in [1.807, 2.05) is 24.3 Å². The highest BCUT2D eigenvalue weighted by Crippen LogP contribution is 2.27. The number of benzene rings is 2. The van der Waals surface area contributed by atoms with Crippen LogP contribution in [0.3, 0.4) is 0 Å². The molecule has 0 aromatic heterocycles. The predicted molar refractivity (Wildman–Crippen MR) is 112 cm³/mol. The number of nitrogens with zero attached hydrogens (tertiary/aromatic N) is 3. The van der Waals surface area contributed by atoms with Gasteiger partial charge in [0.2, 0.25) is 0 Å². The first-order valence-corrected chi connectivity index (χ1v) is 8.34. The minimum absolute atomic E-state index is 0.0890. The Morgan fingerprint density at radius 1 is 1.29 bits per heavy atom. The summed E-state index contributed by atoms with van der Waals surface area (Å²) in [6.07, 6.45) is 6.38. The molecule has 0 aliphatic heterocycles. The summed E-state index contributed by atoms with van der Waals surface area (Å²) in [5, 5.41) is 13.2. The molecule has 1 amide bonds. The number of anilines is 1. The van der Waals surface area contributed by atoms with Gasteiger partial charge >= 0.3 is 0 Å². The number of carbonyl (C=O) groups is 1. The topological polar surface area (TPSA) is 101 Å². The molecule has 0 heterocycles. The number of hydrogen-bond acceptors (Lipinski definition) is 6. The van der Waals surface area contributed by atoms with Gasteiger partial charge in [0, 0.05) is 30.7 Å². The van der Waals surface area contributed by atoms with E-state index in [-0.39, 0.29) is 11.7 Å². The Morgan fingerprint density at radius 3 is 2.75 bits per heavy atom. The highest BCUT2D eigenvalue weighted by molar-refractivity contribution is 6.06. The van der Waals surface area contributed by atoms with Crippen molar-refractivity contribution in [2.75, 3.05) is 19.1 Å². The van der Waals surface area contributed by atoms with Crippen molar-refractivity contribution in [2.24, 2.45) is 15.9 Å². The summed E-state index contributed by atoms with van der Waals surface area (Å²) in [5.41, 5.74) is 2.36. The van der Waals surface area contributed by atoms with Gasteiger partial charge < -0.3 is 20.6 Å². The van der Waals surface area contributed by atoms with Gasteiger partial charge in [0.05, 0.1) is 12.8 Å². The Morgan fingerprint density at radius 2 is 2.07 bits per heavy atom. The molecule has 7 nitrogen and oxygen atoms in total. The first-order valence-electron chi connectivity index (χ1n) is 8.34. The van der Waals surface area contributed by atoms with Crippen molar-refractivity contribution in [3.05, 3.63) is 78.0 Å². The van der Waals surface area contributed by atoms with Gasteiger partial charge in [-0.2, -0.15) is 5.10 Å². The molecule has 28 heavy (non-hydrogen) atoms. The Bertz CT molecular complexity index is 948. The fourth-order valence-corrected chi connectivity index (χ4v) is 2.35. The Hall–Kier alpha value is -3.87. The van der Waals surface area contributed by atoms with Crippen molar-refractivity contribution in [1.29, 1.82) is 0 Å². The number of hydrogen-bond donors (Lipinski definition) is 2. The third-order valence-corrected chi connectivity index (χ3v) is 3.83. The zero-order valence-corrected chi connectivity index (χ0v) is 15.7. The number of aliphatic imine (C=N–C) groups is 1. The number of allylic oxidation sites excluding steroid dienone is 2. The summed E-state index contributed by atoms with van der Waals surface area (Å²) in [4.78, 5) is 18.4. The molecule has 0 aliphatic carbocycles. The minimum Gasteiger partial charge on any atom is -0.504 e. The lowest BCUT2D eigenvalue weighted by Gasteiger charge is -2.18. The quantitative estimate of drug-likeness (QED) is 0.335. The molecule has 144 valence electrons. The van der Waals surface area contributed by atoms with E-state index in [9.17, 15) is 9.90 Å². The fourth-order valence-electron chi connectivity index (χ4n) is 2.35. The number of hydrazone groups is 1. The largest absolute Gasteiger partial charge is 0.504 e. The van der Waals surface area contributed by atoms with Crippen LogP contribution in [-0.4, -0.2) is 37.6 Å². The van der Waals surface area contributed by atoms with Gasteiger partial charge in [-0.1, -0.05) is 18.7 Å². The number of rotatable bonds is 7. The Kier molecular flexibility index (Phi) is 7.10. The molecule has 0 saturated carbocycles. The van der Waals surface area contributed by atoms with Gasteiger partial charge in [-0.05, 0) is 48.0 Å². The number of phenolic OH excluding ortho intramolecular Hbond substituents is 1. The van der Waals surface area contributed by atoms with E-state index in [1.54, 1.807) is 37.5 Å². The van der Waals surface area contributed by atoms with E-state index < -0.39 is 0 Å². The molecule has 0 fully saturated rings. The van der Waals surface area contributed by atoms with Crippen molar-refractivity contribution in [3.8, 4) is 11.5 Å². The maximum atomic E-state index is 12.7. The summed E-state index contributed by atoms with van der Waals surface area (Å²) >= 11 is 0.